The molecule has 0 spiro atoms. The second kappa shape index (κ2) is 10.3. The van der Waals surface area contributed by atoms with Gasteiger partial charge in [-0.15, -0.1) is 0 Å². The summed E-state index contributed by atoms with van der Waals surface area (Å²) in [6.45, 7) is 0. The molecule has 0 aliphatic rings. The fraction of sp³-hybridized carbons (Fsp3) is 0. The van der Waals surface area contributed by atoms with Crippen LogP contribution in [0.15, 0.2) is 0 Å². The van der Waals surface area contributed by atoms with E-state index in [1.54, 1.807) is 0 Å². The third-order valence-corrected chi connectivity index (χ3v) is 0. The maximum absolute atomic E-state index is 8.88. The standard InChI is InChI=1S/CH2O3.H3N.Na.H3O4P.H/c2-1(3)4;;;1-5(2,3)4;/h(H2,2,3,4);1H3;;(H3,1,2,3,4);. The van der Waals surface area contributed by atoms with Gasteiger partial charge in [-0.05, 0) is 0 Å². The maximum atomic E-state index is 8.88. The van der Waals surface area contributed by atoms with E-state index in [0.717, 1.165) is 0 Å². The first-order valence-electron chi connectivity index (χ1n) is 1.43. The van der Waals surface area contributed by atoms with Gasteiger partial charge in [0, 0.05) is 0 Å². The number of hydrogen-bond acceptors (Lipinski definition) is 3. The van der Waals surface area contributed by atoms with Crippen molar-refractivity contribution in [3.63, 3.8) is 0 Å². The predicted octanol–water partition coefficient (Wildman–Crippen LogP) is -1.19. The van der Waals surface area contributed by atoms with Crippen LogP contribution in [0.5, 0.6) is 0 Å². The van der Waals surface area contributed by atoms with E-state index < -0.39 is 14.0 Å². The van der Waals surface area contributed by atoms with Gasteiger partial charge in [0.25, 0.3) is 0 Å². The van der Waals surface area contributed by atoms with Crippen LogP contribution in [0.1, 0.15) is 0 Å². The molecule has 0 aromatic rings. The summed E-state index contributed by atoms with van der Waals surface area (Å²) in [5, 5.41) is 13.9. The topological polar surface area (TPSA) is 170 Å². The summed E-state index contributed by atoms with van der Waals surface area (Å²) >= 11 is 0. The van der Waals surface area contributed by atoms with E-state index in [1.165, 1.54) is 0 Å². The zero-order valence-corrected chi connectivity index (χ0v) is 5.60. The molecule has 66 valence electrons. The van der Waals surface area contributed by atoms with Crippen LogP contribution >= 0.6 is 7.82 Å². The van der Waals surface area contributed by atoms with Gasteiger partial charge in [-0.25, -0.2) is 9.36 Å². The van der Waals surface area contributed by atoms with Crippen LogP contribution < -0.4 is 6.15 Å². The molecule has 11 heavy (non-hydrogen) atoms. The van der Waals surface area contributed by atoms with Crippen LogP contribution in [0.3, 0.4) is 0 Å². The average molecular weight is 201 g/mol. The molecule has 0 aromatic heterocycles. The third kappa shape index (κ3) is 6220. The Kier molecular flexibility index (Phi) is 21.2. The second-order valence-electron chi connectivity index (χ2n) is 0.796. The van der Waals surface area contributed by atoms with Crippen LogP contribution in [-0.4, -0.2) is 60.6 Å². The summed E-state index contributed by atoms with van der Waals surface area (Å²) in [4.78, 5) is 30.1. The first kappa shape index (κ1) is 22.5. The number of phosphoric acid groups is 1. The summed E-state index contributed by atoms with van der Waals surface area (Å²) in [5.74, 6) is 0. The number of hydrogen-bond donors (Lipinski definition) is 6. The van der Waals surface area contributed by atoms with Gasteiger partial charge in [-0.1, -0.05) is 0 Å². The molecule has 0 amide bonds. The molecular formula is CH9NNaO7P. The molecule has 0 aliphatic heterocycles. The summed E-state index contributed by atoms with van der Waals surface area (Å²) in [6, 6.07) is 0. The number of rotatable bonds is 0. The molecule has 0 rings (SSSR count). The van der Waals surface area contributed by atoms with Gasteiger partial charge in [-0.3, -0.25) is 0 Å². The molecule has 0 fully saturated rings. The summed E-state index contributed by atoms with van der Waals surface area (Å²) in [5.41, 5.74) is 0. The Balaban J connectivity index is -0.0000000383. The quantitative estimate of drug-likeness (QED) is 0.209. The van der Waals surface area contributed by atoms with Crippen molar-refractivity contribution in [1.82, 2.24) is 6.15 Å². The van der Waals surface area contributed by atoms with Crippen molar-refractivity contribution in [3.05, 3.63) is 0 Å². The molecule has 0 saturated carbocycles. The van der Waals surface area contributed by atoms with E-state index >= 15 is 0 Å². The molecule has 8 nitrogen and oxygen atoms in total. The van der Waals surface area contributed by atoms with Crippen LogP contribution in [0.2, 0.25) is 0 Å². The minimum absolute atomic E-state index is 0. The minimum atomic E-state index is -4.64. The third-order valence-electron chi connectivity index (χ3n) is 0. The molecule has 0 saturated heterocycles. The van der Waals surface area contributed by atoms with E-state index in [-0.39, 0.29) is 35.7 Å². The molecule has 0 heterocycles. The van der Waals surface area contributed by atoms with Crippen LogP contribution in [0.4, 0.5) is 4.79 Å². The van der Waals surface area contributed by atoms with Crippen molar-refractivity contribution in [3.8, 4) is 0 Å². The number of carbonyl (C=O) groups is 1. The molecular weight excluding hydrogens is 192 g/mol. The second-order valence-corrected chi connectivity index (χ2v) is 1.82. The Morgan fingerprint density at radius 2 is 1.09 bits per heavy atom. The van der Waals surface area contributed by atoms with E-state index in [4.69, 9.17) is 34.3 Å². The van der Waals surface area contributed by atoms with Crippen molar-refractivity contribution in [2.45, 2.75) is 0 Å². The molecule has 0 aromatic carbocycles. The Morgan fingerprint density at radius 3 is 1.09 bits per heavy atom. The van der Waals surface area contributed by atoms with Crippen molar-refractivity contribution < 1.29 is 34.3 Å². The predicted molar refractivity (Wildman–Crippen MR) is 37.1 cm³/mol. The van der Waals surface area contributed by atoms with E-state index in [0.29, 0.717) is 0 Å². The Bertz CT molecular complexity index is 118. The fourth-order valence-corrected chi connectivity index (χ4v) is 0. The summed E-state index contributed by atoms with van der Waals surface area (Å²) in [6.07, 6.45) is -1.83. The molecule has 0 bridgehead atoms. The SMILES string of the molecule is N.O=C(O)O.O=P(O)(O)O.[NaH]. The van der Waals surface area contributed by atoms with Crippen molar-refractivity contribution in [1.29, 1.82) is 0 Å². The van der Waals surface area contributed by atoms with Gasteiger partial charge >= 0.3 is 43.5 Å². The Labute approximate surface area is 84.0 Å². The fourth-order valence-electron chi connectivity index (χ4n) is 0. The van der Waals surface area contributed by atoms with Gasteiger partial charge in [0.05, 0.1) is 0 Å². The van der Waals surface area contributed by atoms with Crippen LogP contribution in [-0.2, 0) is 4.57 Å². The molecule has 0 radical (unpaired) electrons. The normalized spacial score (nSPS) is 7.55. The zero-order valence-electron chi connectivity index (χ0n) is 4.71. The first-order chi connectivity index (χ1) is 3.73. The van der Waals surface area contributed by atoms with Crippen molar-refractivity contribution >= 4 is 43.5 Å². The summed E-state index contributed by atoms with van der Waals surface area (Å²) in [7, 11) is -4.64. The van der Waals surface area contributed by atoms with E-state index in [1.807, 2.05) is 0 Å². The first-order valence-corrected chi connectivity index (χ1v) is 3.00. The summed E-state index contributed by atoms with van der Waals surface area (Å²) < 4.78 is 8.88. The molecule has 0 aliphatic carbocycles. The molecule has 8 N–H and O–H groups in total. The van der Waals surface area contributed by atoms with Crippen molar-refractivity contribution in [2.24, 2.45) is 0 Å². The molecule has 10 heteroatoms. The van der Waals surface area contributed by atoms with Crippen LogP contribution in [0, 0.1) is 0 Å². The van der Waals surface area contributed by atoms with Gasteiger partial charge < -0.3 is 31.0 Å². The number of carboxylic acid groups (broad SMARTS) is 2. The van der Waals surface area contributed by atoms with Gasteiger partial charge in [-0.2, -0.15) is 0 Å². The Hall–Kier alpha value is 0.340. The average Bonchev–Trinajstić information content (AvgIpc) is 1.19. The van der Waals surface area contributed by atoms with Gasteiger partial charge in [0.1, 0.15) is 0 Å². The van der Waals surface area contributed by atoms with Gasteiger partial charge in [0.2, 0.25) is 0 Å². The van der Waals surface area contributed by atoms with Crippen molar-refractivity contribution in [2.75, 3.05) is 0 Å². The molecule has 0 unspecified atom stereocenters. The molecule has 0 atom stereocenters. The Morgan fingerprint density at radius 1 is 1.09 bits per heavy atom. The van der Waals surface area contributed by atoms with E-state index in [9.17, 15) is 0 Å². The van der Waals surface area contributed by atoms with E-state index in [2.05, 4.69) is 0 Å². The van der Waals surface area contributed by atoms with Crippen LogP contribution in [0.25, 0.3) is 0 Å². The van der Waals surface area contributed by atoms with Gasteiger partial charge in [0.15, 0.2) is 0 Å². The monoisotopic (exact) mass is 201 g/mol. The zero-order chi connectivity index (χ0) is 8.08.